The predicted octanol–water partition coefficient (Wildman–Crippen LogP) is 1.56. The SMILES string of the molecule is O=C1OCC(C(F)(F)F)N1c1ncco1. The van der Waals surface area contributed by atoms with Crippen molar-refractivity contribution in [1.82, 2.24) is 4.98 Å². The molecule has 1 amide bonds. The van der Waals surface area contributed by atoms with Gasteiger partial charge in [0.05, 0.1) is 6.20 Å². The molecule has 5 nitrogen and oxygen atoms in total. The average Bonchev–Trinajstić information content (AvgIpc) is 2.69. The summed E-state index contributed by atoms with van der Waals surface area (Å²) in [6.45, 7) is -0.745. The second kappa shape index (κ2) is 3.14. The standard InChI is InChI=1S/C7H5F3N2O3/c8-7(9,10)4-3-15-6(13)12(4)5-11-1-2-14-5/h1-2,4H,3H2. The lowest BCUT2D eigenvalue weighted by Gasteiger charge is -2.19. The molecule has 0 radical (unpaired) electrons. The van der Waals surface area contributed by atoms with Gasteiger partial charge < -0.3 is 9.15 Å². The number of hydrogen-bond acceptors (Lipinski definition) is 4. The van der Waals surface area contributed by atoms with Crippen LogP contribution in [0, 0.1) is 0 Å². The van der Waals surface area contributed by atoms with Crippen molar-refractivity contribution in [3.8, 4) is 0 Å². The molecule has 0 aromatic carbocycles. The molecule has 1 fully saturated rings. The van der Waals surface area contributed by atoms with Crippen molar-refractivity contribution in [2.24, 2.45) is 0 Å². The van der Waals surface area contributed by atoms with E-state index in [0.717, 1.165) is 12.5 Å². The molecule has 0 bridgehead atoms. The van der Waals surface area contributed by atoms with Crippen LogP contribution in [0.1, 0.15) is 0 Å². The van der Waals surface area contributed by atoms with Gasteiger partial charge in [-0.25, -0.2) is 14.7 Å². The molecule has 15 heavy (non-hydrogen) atoms. The Balaban J connectivity index is 2.31. The third-order valence-corrected chi connectivity index (χ3v) is 1.88. The van der Waals surface area contributed by atoms with E-state index in [1.807, 2.05) is 0 Å². The van der Waals surface area contributed by atoms with Crippen LogP contribution in [0.4, 0.5) is 24.0 Å². The van der Waals surface area contributed by atoms with Gasteiger partial charge in [0.1, 0.15) is 12.9 Å². The van der Waals surface area contributed by atoms with Crippen LogP contribution in [0.15, 0.2) is 16.9 Å². The summed E-state index contributed by atoms with van der Waals surface area (Å²) in [4.78, 5) is 14.9. The van der Waals surface area contributed by atoms with Crippen LogP contribution in [0.2, 0.25) is 0 Å². The summed E-state index contributed by atoms with van der Waals surface area (Å²) >= 11 is 0. The highest BCUT2D eigenvalue weighted by atomic mass is 19.4. The second-order valence-corrected chi connectivity index (χ2v) is 2.82. The summed E-state index contributed by atoms with van der Waals surface area (Å²) in [5.41, 5.74) is 0. The Hall–Kier alpha value is -1.73. The fourth-order valence-electron chi connectivity index (χ4n) is 1.21. The van der Waals surface area contributed by atoms with E-state index in [9.17, 15) is 18.0 Å². The number of ether oxygens (including phenoxy) is 1. The lowest BCUT2D eigenvalue weighted by molar-refractivity contribution is -0.147. The third-order valence-electron chi connectivity index (χ3n) is 1.88. The van der Waals surface area contributed by atoms with E-state index in [4.69, 9.17) is 0 Å². The van der Waals surface area contributed by atoms with E-state index in [1.165, 1.54) is 0 Å². The molecule has 0 aliphatic carbocycles. The number of halogens is 3. The molecule has 1 atom stereocenters. The minimum absolute atomic E-state index is 0.347. The molecule has 0 spiro atoms. The Labute approximate surface area is 81.4 Å². The van der Waals surface area contributed by atoms with Gasteiger partial charge in [-0.3, -0.25) is 0 Å². The number of carbonyl (C=O) groups is 1. The first-order valence-electron chi connectivity index (χ1n) is 3.92. The normalized spacial score (nSPS) is 21.9. The van der Waals surface area contributed by atoms with Crippen molar-refractivity contribution in [2.45, 2.75) is 12.2 Å². The number of alkyl halides is 3. The third kappa shape index (κ3) is 1.62. The van der Waals surface area contributed by atoms with E-state index in [-0.39, 0.29) is 0 Å². The van der Waals surface area contributed by atoms with E-state index in [0.29, 0.717) is 4.90 Å². The molecule has 0 N–H and O–H groups in total. The number of oxazole rings is 1. The highest BCUT2D eigenvalue weighted by molar-refractivity contribution is 5.87. The zero-order valence-corrected chi connectivity index (χ0v) is 7.19. The smallest absolute Gasteiger partial charge is 0.418 e. The fraction of sp³-hybridized carbons (Fsp3) is 0.429. The zero-order chi connectivity index (χ0) is 11.1. The maximum atomic E-state index is 12.4. The van der Waals surface area contributed by atoms with Gasteiger partial charge in [-0.1, -0.05) is 0 Å². The molecule has 1 aromatic heterocycles. The van der Waals surface area contributed by atoms with Gasteiger partial charge in [-0.2, -0.15) is 13.2 Å². The molecule has 2 heterocycles. The highest BCUT2D eigenvalue weighted by Gasteiger charge is 2.53. The summed E-state index contributed by atoms with van der Waals surface area (Å²) in [6, 6.07) is -2.46. The van der Waals surface area contributed by atoms with E-state index >= 15 is 0 Å². The minimum Gasteiger partial charge on any atom is -0.446 e. The average molecular weight is 222 g/mol. The van der Waals surface area contributed by atoms with Gasteiger partial charge in [0, 0.05) is 0 Å². The molecule has 82 valence electrons. The van der Waals surface area contributed by atoms with Crippen LogP contribution in [0.3, 0.4) is 0 Å². The summed E-state index contributed by atoms with van der Waals surface area (Å²) in [5.74, 6) is 0. The molecule has 2 rings (SSSR count). The summed E-state index contributed by atoms with van der Waals surface area (Å²) in [7, 11) is 0. The van der Waals surface area contributed by atoms with Crippen LogP contribution in [-0.4, -0.2) is 29.9 Å². The Morgan fingerprint density at radius 2 is 2.27 bits per heavy atom. The van der Waals surface area contributed by atoms with Crippen LogP contribution < -0.4 is 4.90 Å². The molecule has 8 heteroatoms. The van der Waals surface area contributed by atoms with Crippen molar-refractivity contribution < 1.29 is 27.1 Å². The molecular formula is C7H5F3N2O3. The van der Waals surface area contributed by atoms with Crippen molar-refractivity contribution in [2.75, 3.05) is 11.5 Å². The Bertz CT molecular complexity index is 362. The summed E-state index contributed by atoms with van der Waals surface area (Å²) < 4.78 is 46.2. The fourth-order valence-corrected chi connectivity index (χ4v) is 1.21. The number of amides is 1. The van der Waals surface area contributed by atoms with Gasteiger partial charge >= 0.3 is 18.3 Å². The molecule has 1 aromatic rings. The quantitative estimate of drug-likeness (QED) is 0.723. The Morgan fingerprint density at radius 3 is 2.80 bits per heavy atom. The monoisotopic (exact) mass is 222 g/mol. The first-order valence-corrected chi connectivity index (χ1v) is 3.92. The molecule has 1 saturated heterocycles. The van der Waals surface area contributed by atoms with Crippen molar-refractivity contribution in [3.05, 3.63) is 12.5 Å². The first kappa shape index (κ1) is 9.81. The molecule has 1 aliphatic heterocycles. The largest absolute Gasteiger partial charge is 0.446 e. The number of hydrogen-bond donors (Lipinski definition) is 0. The van der Waals surface area contributed by atoms with Gasteiger partial charge in [0.15, 0.2) is 6.04 Å². The second-order valence-electron chi connectivity index (χ2n) is 2.82. The van der Waals surface area contributed by atoms with E-state index in [2.05, 4.69) is 14.1 Å². The molecule has 0 saturated carbocycles. The van der Waals surface area contributed by atoms with Gasteiger partial charge in [0.25, 0.3) is 0 Å². The summed E-state index contributed by atoms with van der Waals surface area (Å²) in [5, 5.41) is 0. The Morgan fingerprint density at radius 1 is 1.53 bits per heavy atom. The maximum absolute atomic E-state index is 12.4. The minimum atomic E-state index is -4.57. The van der Waals surface area contributed by atoms with Crippen LogP contribution in [-0.2, 0) is 4.74 Å². The van der Waals surface area contributed by atoms with E-state index in [1.54, 1.807) is 0 Å². The highest BCUT2D eigenvalue weighted by Crippen LogP contribution is 2.32. The number of nitrogens with zero attached hydrogens (tertiary/aromatic N) is 2. The first-order chi connectivity index (χ1) is 7.00. The van der Waals surface area contributed by atoms with Crippen molar-refractivity contribution >= 4 is 12.1 Å². The lowest BCUT2D eigenvalue weighted by Crippen LogP contribution is -2.44. The predicted molar refractivity (Wildman–Crippen MR) is 40.2 cm³/mol. The number of aromatic nitrogens is 1. The summed E-state index contributed by atoms with van der Waals surface area (Å²) in [6.07, 6.45) is -3.46. The number of anilines is 1. The zero-order valence-electron chi connectivity index (χ0n) is 7.19. The van der Waals surface area contributed by atoms with Gasteiger partial charge in [-0.15, -0.1) is 0 Å². The van der Waals surface area contributed by atoms with Gasteiger partial charge in [0.2, 0.25) is 0 Å². The van der Waals surface area contributed by atoms with Crippen LogP contribution in [0.25, 0.3) is 0 Å². The van der Waals surface area contributed by atoms with Crippen molar-refractivity contribution in [1.29, 1.82) is 0 Å². The van der Waals surface area contributed by atoms with Crippen LogP contribution in [0.5, 0.6) is 0 Å². The number of carbonyl (C=O) groups excluding carboxylic acids is 1. The molecule has 1 unspecified atom stereocenters. The topological polar surface area (TPSA) is 55.6 Å². The van der Waals surface area contributed by atoms with Gasteiger partial charge in [-0.05, 0) is 0 Å². The molecular weight excluding hydrogens is 217 g/mol. The van der Waals surface area contributed by atoms with Crippen LogP contribution >= 0.6 is 0 Å². The van der Waals surface area contributed by atoms with E-state index < -0.39 is 30.9 Å². The molecule has 1 aliphatic rings. The number of rotatable bonds is 1. The Kier molecular flexibility index (Phi) is 2.06. The maximum Gasteiger partial charge on any atom is 0.418 e. The van der Waals surface area contributed by atoms with Crippen molar-refractivity contribution in [3.63, 3.8) is 0 Å². The lowest BCUT2D eigenvalue weighted by atomic mass is 10.3. The number of cyclic esters (lactones) is 1.